The molecule has 0 radical (unpaired) electrons. The fourth-order valence-electron chi connectivity index (χ4n) is 3.97. The quantitative estimate of drug-likeness (QED) is 0.497. The van der Waals surface area contributed by atoms with Crippen LogP contribution in [0.5, 0.6) is 5.75 Å². The molecule has 5 nitrogen and oxygen atoms in total. The molecule has 5 heteroatoms. The van der Waals surface area contributed by atoms with Gasteiger partial charge in [0.1, 0.15) is 5.75 Å². The van der Waals surface area contributed by atoms with E-state index in [0.717, 1.165) is 28.3 Å². The number of nitrogens with zero attached hydrogens (tertiary/aromatic N) is 1. The second-order valence-electron chi connectivity index (χ2n) is 8.32. The number of hydrogen-bond donors (Lipinski definition) is 2. The molecule has 0 aliphatic carbocycles. The summed E-state index contributed by atoms with van der Waals surface area (Å²) in [4.78, 5) is 12.0. The van der Waals surface area contributed by atoms with Gasteiger partial charge in [-0.2, -0.15) is 0 Å². The zero-order valence-electron chi connectivity index (χ0n) is 19.0. The van der Waals surface area contributed by atoms with Crippen LogP contribution in [0.25, 0.3) is 0 Å². The number of carboxylic acid groups (broad SMARTS) is 1. The van der Waals surface area contributed by atoms with Crippen molar-refractivity contribution in [1.29, 1.82) is 0 Å². The van der Waals surface area contributed by atoms with Crippen molar-refractivity contribution in [2.24, 2.45) is 0 Å². The minimum atomic E-state index is -0.879. The van der Waals surface area contributed by atoms with Crippen LogP contribution in [0, 0.1) is 20.8 Å². The lowest BCUT2D eigenvalue weighted by Crippen LogP contribution is -2.15. The van der Waals surface area contributed by atoms with E-state index in [1.807, 2.05) is 58.0 Å². The smallest absolute Gasteiger partial charge is 0.337 e. The predicted octanol–water partition coefficient (Wildman–Crippen LogP) is 5.24. The first-order valence-corrected chi connectivity index (χ1v) is 10.7. The molecule has 0 bridgehead atoms. The highest BCUT2D eigenvalue weighted by atomic mass is 16.5. The van der Waals surface area contributed by atoms with E-state index in [2.05, 4.69) is 35.0 Å². The summed E-state index contributed by atoms with van der Waals surface area (Å²) in [5, 5.41) is 13.3. The first-order valence-electron chi connectivity index (χ1n) is 10.7. The number of rotatable bonds is 9. The third-order valence-electron chi connectivity index (χ3n) is 5.47. The first-order chi connectivity index (χ1) is 14.8. The summed E-state index contributed by atoms with van der Waals surface area (Å²) in [5.41, 5.74) is 6.52. The van der Waals surface area contributed by atoms with Gasteiger partial charge in [-0.05, 0) is 57.9 Å². The monoisotopic (exact) mass is 420 g/mol. The molecule has 0 saturated heterocycles. The molecule has 2 N–H and O–H groups in total. The van der Waals surface area contributed by atoms with Crippen molar-refractivity contribution in [3.05, 3.63) is 87.7 Å². The highest BCUT2D eigenvalue weighted by Crippen LogP contribution is 2.24. The Labute approximate surface area is 184 Å². The van der Waals surface area contributed by atoms with Gasteiger partial charge >= 0.3 is 5.97 Å². The van der Waals surface area contributed by atoms with Crippen LogP contribution >= 0.6 is 0 Å². The topological polar surface area (TPSA) is 63.5 Å². The summed E-state index contributed by atoms with van der Waals surface area (Å²) < 4.78 is 7.79. The number of aryl methyl sites for hydroxylation is 1. The lowest BCUT2D eigenvalue weighted by atomic mass is 10.1. The maximum Gasteiger partial charge on any atom is 0.337 e. The number of nitrogens with one attached hydrogen (secondary N) is 1. The summed E-state index contributed by atoms with van der Waals surface area (Å²) >= 11 is 0. The van der Waals surface area contributed by atoms with Gasteiger partial charge in [0.25, 0.3) is 0 Å². The molecular weight excluding hydrogens is 388 g/mol. The average Bonchev–Trinajstić information content (AvgIpc) is 2.93. The van der Waals surface area contributed by atoms with Crippen molar-refractivity contribution in [2.75, 3.05) is 0 Å². The molecule has 1 aromatic heterocycles. The van der Waals surface area contributed by atoms with Crippen LogP contribution in [0.3, 0.4) is 0 Å². The lowest BCUT2D eigenvalue weighted by Gasteiger charge is -2.11. The Morgan fingerprint density at radius 3 is 2.32 bits per heavy atom. The molecule has 0 atom stereocenters. The summed E-state index contributed by atoms with van der Waals surface area (Å²) in [5.74, 6) is -0.0258. The highest BCUT2D eigenvalue weighted by molar-refractivity contribution is 5.91. The number of benzene rings is 2. The van der Waals surface area contributed by atoms with Crippen molar-refractivity contribution in [3.63, 3.8) is 0 Å². The van der Waals surface area contributed by atoms with Gasteiger partial charge in [-0.1, -0.05) is 42.0 Å². The van der Waals surface area contributed by atoms with Gasteiger partial charge in [-0.15, -0.1) is 0 Å². The molecule has 0 fully saturated rings. The third kappa shape index (κ3) is 5.56. The van der Waals surface area contributed by atoms with Gasteiger partial charge in [0, 0.05) is 36.6 Å². The minimum Gasteiger partial charge on any atom is -0.491 e. The van der Waals surface area contributed by atoms with Crippen LogP contribution in [0.2, 0.25) is 0 Å². The van der Waals surface area contributed by atoms with Crippen molar-refractivity contribution >= 4 is 5.97 Å². The number of hydrogen-bond acceptors (Lipinski definition) is 3. The van der Waals surface area contributed by atoms with E-state index >= 15 is 0 Å². The Morgan fingerprint density at radius 1 is 1.00 bits per heavy atom. The Morgan fingerprint density at radius 2 is 1.71 bits per heavy atom. The predicted molar refractivity (Wildman–Crippen MR) is 124 cm³/mol. The van der Waals surface area contributed by atoms with Gasteiger partial charge in [0.2, 0.25) is 0 Å². The molecule has 164 valence electrons. The Kier molecular flexibility index (Phi) is 7.18. The van der Waals surface area contributed by atoms with Crippen molar-refractivity contribution < 1.29 is 14.6 Å². The minimum absolute atomic E-state index is 0.147. The normalized spacial score (nSPS) is 11.2. The molecule has 0 amide bonds. The Balaban J connectivity index is 1.75. The molecule has 0 unspecified atom stereocenters. The van der Waals surface area contributed by atoms with Gasteiger partial charge in [0.15, 0.2) is 0 Å². The van der Waals surface area contributed by atoms with Crippen molar-refractivity contribution in [3.8, 4) is 5.75 Å². The van der Waals surface area contributed by atoms with E-state index in [-0.39, 0.29) is 6.10 Å². The van der Waals surface area contributed by atoms with Crippen LogP contribution in [0.15, 0.2) is 48.5 Å². The largest absolute Gasteiger partial charge is 0.491 e. The number of carboxylic acids is 1. The molecule has 3 rings (SSSR count). The zero-order valence-corrected chi connectivity index (χ0v) is 19.0. The molecule has 3 aromatic rings. The van der Waals surface area contributed by atoms with E-state index in [4.69, 9.17) is 4.74 Å². The molecule has 0 saturated carbocycles. The summed E-state index contributed by atoms with van der Waals surface area (Å²) in [7, 11) is 0. The van der Waals surface area contributed by atoms with Crippen molar-refractivity contribution in [1.82, 2.24) is 9.88 Å². The second-order valence-corrected chi connectivity index (χ2v) is 8.32. The number of aromatic carboxylic acids is 1. The number of aromatic nitrogens is 1. The van der Waals surface area contributed by atoms with Crippen LogP contribution in [-0.2, 0) is 19.6 Å². The summed E-state index contributed by atoms with van der Waals surface area (Å²) in [6.45, 7) is 11.8. The van der Waals surface area contributed by atoms with Crippen LogP contribution in [0.4, 0.5) is 0 Å². The van der Waals surface area contributed by atoms with E-state index in [1.54, 1.807) is 0 Å². The maximum atomic E-state index is 12.0. The fourth-order valence-corrected chi connectivity index (χ4v) is 3.97. The number of ether oxygens (including phenoxy) is 1. The zero-order chi connectivity index (χ0) is 22.5. The van der Waals surface area contributed by atoms with E-state index in [1.165, 1.54) is 11.1 Å². The molecule has 2 aromatic carbocycles. The SMILES string of the molecule is Cc1cccc(Cn2c(C)c(CNCc3ccc(OC(C)C)cc3)c(C(=O)O)c2C)c1. The van der Waals surface area contributed by atoms with Gasteiger partial charge in [-0.25, -0.2) is 4.79 Å². The first kappa shape index (κ1) is 22.6. The highest BCUT2D eigenvalue weighted by Gasteiger charge is 2.22. The molecule has 0 aliphatic heterocycles. The van der Waals surface area contributed by atoms with E-state index in [0.29, 0.717) is 25.2 Å². The molecule has 1 heterocycles. The fraction of sp³-hybridized carbons (Fsp3) is 0.346. The van der Waals surface area contributed by atoms with E-state index < -0.39 is 5.97 Å². The molecule has 0 aliphatic rings. The van der Waals surface area contributed by atoms with Crippen LogP contribution in [-0.4, -0.2) is 21.7 Å². The van der Waals surface area contributed by atoms with Crippen molar-refractivity contribution in [2.45, 2.75) is 60.4 Å². The summed E-state index contributed by atoms with van der Waals surface area (Å²) in [6, 6.07) is 16.3. The Bertz CT molecular complexity index is 1050. The Hall–Kier alpha value is -3.05. The van der Waals surface area contributed by atoms with E-state index in [9.17, 15) is 9.90 Å². The standard InChI is InChI=1S/C26H32N2O3/c1-17(2)31-23-11-9-21(10-12-23)14-27-15-24-19(4)28(20(5)25(24)26(29)30)16-22-8-6-7-18(3)13-22/h6-13,17,27H,14-16H2,1-5H3,(H,29,30). The number of carbonyl (C=O) groups is 1. The lowest BCUT2D eigenvalue weighted by molar-refractivity contribution is 0.0694. The molecular formula is C26H32N2O3. The maximum absolute atomic E-state index is 12.0. The van der Waals surface area contributed by atoms with Gasteiger partial charge in [0.05, 0.1) is 11.7 Å². The third-order valence-corrected chi connectivity index (χ3v) is 5.47. The van der Waals surface area contributed by atoms with Gasteiger partial charge in [-0.3, -0.25) is 0 Å². The van der Waals surface area contributed by atoms with Crippen LogP contribution in [0.1, 0.15) is 57.8 Å². The second kappa shape index (κ2) is 9.84. The molecule has 0 spiro atoms. The molecule has 31 heavy (non-hydrogen) atoms. The average molecular weight is 421 g/mol. The van der Waals surface area contributed by atoms with Gasteiger partial charge < -0.3 is 19.7 Å². The summed E-state index contributed by atoms with van der Waals surface area (Å²) in [6.07, 6.45) is 0.147. The van der Waals surface area contributed by atoms with Crippen LogP contribution < -0.4 is 10.1 Å².